The minimum absolute atomic E-state index is 0.00101. The molecule has 0 bridgehead atoms. The number of carbonyl (C=O) groups excluding carboxylic acids is 1. The molecule has 0 unspecified atom stereocenters. The van der Waals surface area contributed by atoms with Crippen LogP contribution in [0.2, 0.25) is 5.02 Å². The van der Waals surface area contributed by atoms with Gasteiger partial charge in [0.25, 0.3) is 5.91 Å². The summed E-state index contributed by atoms with van der Waals surface area (Å²) in [5.74, 6) is -0.996. The van der Waals surface area contributed by atoms with Gasteiger partial charge in [0.15, 0.2) is 0 Å². The summed E-state index contributed by atoms with van der Waals surface area (Å²) in [5.41, 5.74) is 3.26. The molecule has 7 heteroatoms. The maximum absolute atomic E-state index is 13.3. The van der Waals surface area contributed by atoms with E-state index < -0.39 is 5.97 Å². The van der Waals surface area contributed by atoms with Crippen molar-refractivity contribution < 1.29 is 24.2 Å². The molecule has 0 saturated heterocycles. The van der Waals surface area contributed by atoms with E-state index in [1.807, 2.05) is 66.7 Å². The highest BCUT2D eigenvalue weighted by atomic mass is 35.5. The molecular formula is C31H34ClNO5. The second kappa shape index (κ2) is 13.6. The van der Waals surface area contributed by atoms with E-state index in [0.717, 1.165) is 36.8 Å². The lowest BCUT2D eigenvalue weighted by atomic mass is 9.94. The van der Waals surface area contributed by atoms with Crippen molar-refractivity contribution in [2.24, 2.45) is 0 Å². The molecule has 2 atom stereocenters. The van der Waals surface area contributed by atoms with Gasteiger partial charge in [-0.2, -0.15) is 0 Å². The number of carboxylic acids is 1. The maximum Gasteiger partial charge on any atom is 0.336 e. The van der Waals surface area contributed by atoms with Crippen LogP contribution in [0.3, 0.4) is 0 Å². The number of hydrogen-bond donors (Lipinski definition) is 1. The molecule has 0 aliphatic heterocycles. The molecule has 1 fully saturated rings. The number of hydrogen-bond acceptors (Lipinski definition) is 4. The van der Waals surface area contributed by atoms with Gasteiger partial charge in [0, 0.05) is 23.7 Å². The Hall–Kier alpha value is -3.19. The Kier molecular flexibility index (Phi) is 9.93. The van der Waals surface area contributed by atoms with Gasteiger partial charge in [-0.05, 0) is 67.5 Å². The topological polar surface area (TPSA) is 76.1 Å². The van der Waals surface area contributed by atoms with E-state index in [2.05, 4.69) is 0 Å². The molecule has 0 spiro atoms. The first-order chi connectivity index (χ1) is 18.4. The third kappa shape index (κ3) is 7.44. The van der Waals surface area contributed by atoms with Crippen molar-refractivity contribution in [1.29, 1.82) is 0 Å². The smallest absolute Gasteiger partial charge is 0.336 e. The summed E-state index contributed by atoms with van der Waals surface area (Å²) >= 11 is 6.38. The first-order valence-electron chi connectivity index (χ1n) is 13.0. The number of halogens is 1. The molecule has 0 heterocycles. The van der Waals surface area contributed by atoms with Crippen molar-refractivity contribution in [1.82, 2.24) is 4.90 Å². The van der Waals surface area contributed by atoms with E-state index >= 15 is 0 Å². The van der Waals surface area contributed by atoms with Crippen molar-refractivity contribution >= 4 is 23.5 Å². The van der Waals surface area contributed by atoms with Crippen LogP contribution in [0.1, 0.15) is 63.1 Å². The van der Waals surface area contributed by atoms with Crippen LogP contribution in [0.25, 0.3) is 0 Å². The summed E-state index contributed by atoms with van der Waals surface area (Å²) in [5, 5.41) is 10.2. The Labute approximate surface area is 229 Å². The van der Waals surface area contributed by atoms with Crippen LogP contribution in [0.4, 0.5) is 0 Å². The van der Waals surface area contributed by atoms with Gasteiger partial charge >= 0.3 is 5.97 Å². The van der Waals surface area contributed by atoms with Crippen LogP contribution in [0, 0.1) is 6.92 Å². The number of benzene rings is 3. The van der Waals surface area contributed by atoms with Gasteiger partial charge < -0.3 is 19.5 Å². The first-order valence-corrected chi connectivity index (χ1v) is 13.4. The summed E-state index contributed by atoms with van der Waals surface area (Å²) in [7, 11) is 0. The Morgan fingerprint density at radius 3 is 2.34 bits per heavy atom. The molecule has 1 saturated carbocycles. The molecule has 0 aromatic heterocycles. The minimum atomic E-state index is -0.932. The largest absolute Gasteiger partial charge is 0.478 e. The van der Waals surface area contributed by atoms with E-state index in [0.29, 0.717) is 41.4 Å². The Morgan fingerprint density at radius 2 is 1.61 bits per heavy atom. The van der Waals surface area contributed by atoms with Gasteiger partial charge in [0.05, 0.1) is 31.0 Å². The van der Waals surface area contributed by atoms with Gasteiger partial charge in [0.2, 0.25) is 0 Å². The second-order valence-corrected chi connectivity index (χ2v) is 10.1. The third-order valence-electron chi connectivity index (χ3n) is 6.97. The molecule has 0 radical (unpaired) electrons. The number of aryl methyl sites for hydroxylation is 1. The van der Waals surface area contributed by atoms with Crippen molar-refractivity contribution in [2.45, 2.75) is 58.0 Å². The Morgan fingerprint density at radius 1 is 0.921 bits per heavy atom. The number of carbonyl (C=O) groups is 2. The van der Waals surface area contributed by atoms with Gasteiger partial charge in [-0.1, -0.05) is 66.2 Å². The molecule has 38 heavy (non-hydrogen) atoms. The molecule has 6 nitrogen and oxygen atoms in total. The molecule has 3 aromatic carbocycles. The normalized spacial score (nSPS) is 17.2. The standard InChI is InChI=1S/C31H34ClNO5/c1-22-9-7-13-25(29(22)31(35)36)21-38-27-15-8-14-26(19-27)37-18-17-33(20-24-12-5-6-16-28(24)32)30(34)23-10-3-2-4-11-23/h2-7,9-13,16,26-27H,8,14-15,17-21H2,1H3,(H,35,36)/t26-,27+/m1/s1. The van der Waals surface area contributed by atoms with Crippen molar-refractivity contribution in [3.63, 3.8) is 0 Å². The minimum Gasteiger partial charge on any atom is -0.478 e. The lowest BCUT2D eigenvalue weighted by molar-refractivity contribution is -0.0530. The van der Waals surface area contributed by atoms with Crippen LogP contribution < -0.4 is 0 Å². The van der Waals surface area contributed by atoms with E-state index in [1.165, 1.54) is 0 Å². The molecule has 1 N–H and O–H groups in total. The zero-order chi connectivity index (χ0) is 26.9. The Balaban J connectivity index is 1.33. The van der Waals surface area contributed by atoms with Gasteiger partial charge in [-0.25, -0.2) is 4.79 Å². The number of aromatic carboxylic acids is 1. The van der Waals surface area contributed by atoms with Gasteiger partial charge in [0.1, 0.15) is 0 Å². The summed E-state index contributed by atoms with van der Waals surface area (Å²) in [4.78, 5) is 26.7. The fourth-order valence-electron chi connectivity index (χ4n) is 4.94. The summed E-state index contributed by atoms with van der Waals surface area (Å²) in [6, 6.07) is 22.3. The zero-order valence-corrected chi connectivity index (χ0v) is 22.4. The van der Waals surface area contributed by atoms with Gasteiger partial charge in [-0.15, -0.1) is 0 Å². The molecule has 1 amide bonds. The Bertz CT molecular complexity index is 1230. The molecule has 1 aliphatic carbocycles. The van der Waals surface area contributed by atoms with Crippen LogP contribution >= 0.6 is 11.6 Å². The molecule has 3 aromatic rings. The highest BCUT2D eigenvalue weighted by Gasteiger charge is 2.25. The molecular weight excluding hydrogens is 502 g/mol. The van der Waals surface area contributed by atoms with Crippen molar-refractivity contribution in [3.05, 3.63) is 106 Å². The fraction of sp³-hybridized carbons (Fsp3) is 0.355. The predicted molar refractivity (Wildman–Crippen MR) is 148 cm³/mol. The maximum atomic E-state index is 13.3. The van der Waals surface area contributed by atoms with E-state index in [-0.39, 0.29) is 24.7 Å². The SMILES string of the molecule is Cc1cccc(CO[C@H]2CCC[C@@H](OCCN(Cc3ccccc3Cl)C(=O)c3ccccc3)C2)c1C(=O)O. The molecule has 200 valence electrons. The molecule has 4 rings (SSSR count). The summed E-state index contributed by atoms with van der Waals surface area (Å²) in [6.45, 7) is 3.30. The highest BCUT2D eigenvalue weighted by Crippen LogP contribution is 2.26. The van der Waals surface area contributed by atoms with Crippen LogP contribution in [-0.4, -0.2) is 47.2 Å². The van der Waals surface area contributed by atoms with E-state index in [9.17, 15) is 14.7 Å². The lowest BCUT2D eigenvalue weighted by Crippen LogP contribution is -2.35. The van der Waals surface area contributed by atoms with Crippen molar-refractivity contribution in [3.8, 4) is 0 Å². The average molecular weight is 536 g/mol. The number of ether oxygens (including phenoxy) is 2. The van der Waals surface area contributed by atoms with Crippen LogP contribution in [0.15, 0.2) is 72.8 Å². The summed E-state index contributed by atoms with van der Waals surface area (Å²) in [6.07, 6.45) is 3.59. The number of rotatable bonds is 11. The number of carboxylic acid groups (broad SMARTS) is 1. The average Bonchev–Trinajstić information content (AvgIpc) is 2.92. The fourth-order valence-corrected chi connectivity index (χ4v) is 5.14. The third-order valence-corrected chi connectivity index (χ3v) is 7.34. The van der Waals surface area contributed by atoms with E-state index in [1.54, 1.807) is 17.9 Å². The number of nitrogens with zero attached hydrogens (tertiary/aromatic N) is 1. The highest BCUT2D eigenvalue weighted by molar-refractivity contribution is 6.31. The van der Waals surface area contributed by atoms with Crippen molar-refractivity contribution in [2.75, 3.05) is 13.2 Å². The zero-order valence-electron chi connectivity index (χ0n) is 21.6. The monoisotopic (exact) mass is 535 g/mol. The first kappa shape index (κ1) is 27.8. The summed E-state index contributed by atoms with van der Waals surface area (Å²) < 4.78 is 12.4. The lowest BCUT2D eigenvalue weighted by Gasteiger charge is -2.30. The predicted octanol–water partition coefficient (Wildman–Crippen LogP) is 6.53. The van der Waals surface area contributed by atoms with E-state index in [4.69, 9.17) is 21.1 Å². The quantitative estimate of drug-likeness (QED) is 0.302. The number of amides is 1. The van der Waals surface area contributed by atoms with Crippen LogP contribution in [-0.2, 0) is 22.6 Å². The molecule has 1 aliphatic rings. The van der Waals surface area contributed by atoms with Gasteiger partial charge in [-0.3, -0.25) is 4.79 Å². The second-order valence-electron chi connectivity index (χ2n) is 9.69. The van der Waals surface area contributed by atoms with Crippen LogP contribution in [0.5, 0.6) is 0 Å².